The molecule has 0 spiro atoms. The maximum atomic E-state index is 11.5. The molecule has 0 saturated heterocycles. The van der Waals surface area contributed by atoms with Gasteiger partial charge in [-0.25, -0.2) is 0 Å². The van der Waals surface area contributed by atoms with E-state index in [1.165, 1.54) is 6.08 Å². The monoisotopic (exact) mass is 343 g/mol. The van der Waals surface area contributed by atoms with Crippen molar-refractivity contribution in [1.29, 1.82) is 0 Å². The molecule has 109 valence electrons. The van der Waals surface area contributed by atoms with Crippen LogP contribution in [0, 0.1) is 10.8 Å². The molecule has 1 N–H and O–H groups in total. The van der Waals surface area contributed by atoms with Crippen LogP contribution in [-0.2, 0) is 24.3 Å². The summed E-state index contributed by atoms with van der Waals surface area (Å²) in [5.41, 5.74) is -0.764. The zero-order valence-electron chi connectivity index (χ0n) is 12.6. The Morgan fingerprint density at radius 3 is 1.33 bits per heavy atom. The smallest absolute Gasteiger partial charge is 0.164 e. The van der Waals surface area contributed by atoms with Crippen molar-refractivity contribution < 1.29 is 29.4 Å². The molecule has 0 rings (SSSR count). The molecule has 0 amide bonds. The molecule has 0 aliphatic heterocycles. The average Bonchev–Trinajstić information content (AvgIpc) is 2.21. The van der Waals surface area contributed by atoms with Gasteiger partial charge in [0.15, 0.2) is 5.78 Å². The number of ketones is 1. The van der Waals surface area contributed by atoms with Gasteiger partial charge in [0.05, 0.1) is 0 Å². The van der Waals surface area contributed by atoms with Crippen LogP contribution in [0.5, 0.6) is 0 Å². The van der Waals surface area contributed by atoms with E-state index in [2.05, 4.69) is 26.3 Å². The van der Waals surface area contributed by atoms with Crippen molar-refractivity contribution in [3.8, 4) is 0 Å². The van der Waals surface area contributed by atoms with Gasteiger partial charge < -0.3 is 5.11 Å². The molecule has 0 aliphatic carbocycles. The van der Waals surface area contributed by atoms with E-state index < -0.39 is 5.41 Å². The van der Waals surface area contributed by atoms with Crippen molar-refractivity contribution in [2.45, 2.75) is 41.5 Å². The van der Waals surface area contributed by atoms with E-state index in [1.807, 2.05) is 41.5 Å². The summed E-state index contributed by atoms with van der Waals surface area (Å²) >= 11 is 0. The SMILES string of the molecule is C=C.C=C.CC(C)(C)C(=O)/C=C(\O)C(C)(C)C.[Rh]. The van der Waals surface area contributed by atoms with Crippen molar-refractivity contribution in [1.82, 2.24) is 0 Å². The minimum absolute atomic E-state index is 0. The van der Waals surface area contributed by atoms with E-state index in [0.717, 1.165) is 0 Å². The summed E-state index contributed by atoms with van der Waals surface area (Å²) in [4.78, 5) is 11.5. The normalized spacial score (nSPS) is 10.9. The minimum Gasteiger partial charge on any atom is -0.512 e. The van der Waals surface area contributed by atoms with Crippen LogP contribution in [0.1, 0.15) is 41.5 Å². The van der Waals surface area contributed by atoms with Crippen molar-refractivity contribution in [2.24, 2.45) is 10.8 Å². The van der Waals surface area contributed by atoms with E-state index in [1.54, 1.807) is 0 Å². The van der Waals surface area contributed by atoms with E-state index in [4.69, 9.17) is 0 Å². The van der Waals surface area contributed by atoms with Gasteiger partial charge >= 0.3 is 0 Å². The van der Waals surface area contributed by atoms with Crippen LogP contribution in [0.4, 0.5) is 0 Å². The molecule has 2 nitrogen and oxygen atoms in total. The number of aliphatic hydroxyl groups excluding tert-OH is 1. The molecule has 0 aromatic carbocycles. The molecule has 0 heterocycles. The zero-order valence-corrected chi connectivity index (χ0v) is 14.2. The maximum absolute atomic E-state index is 11.5. The molecule has 0 bridgehead atoms. The molecular formula is C15H28O2Rh. The van der Waals surface area contributed by atoms with E-state index in [9.17, 15) is 9.90 Å². The van der Waals surface area contributed by atoms with Gasteiger partial charge in [0.25, 0.3) is 0 Å². The Labute approximate surface area is 126 Å². The topological polar surface area (TPSA) is 37.3 Å². The number of hydrogen-bond donors (Lipinski definition) is 1. The summed E-state index contributed by atoms with van der Waals surface area (Å²) in [6, 6.07) is 0. The van der Waals surface area contributed by atoms with Crippen molar-refractivity contribution >= 4 is 5.78 Å². The summed E-state index contributed by atoms with van der Waals surface area (Å²) in [5.74, 6) is 0.104. The molecule has 3 heteroatoms. The Balaban J connectivity index is -0.000000177. The van der Waals surface area contributed by atoms with Gasteiger partial charge in [-0.3, -0.25) is 4.79 Å². The third-order valence-corrected chi connectivity index (χ3v) is 1.78. The van der Waals surface area contributed by atoms with E-state index in [-0.39, 0.29) is 36.4 Å². The second kappa shape index (κ2) is 11.4. The Hall–Kier alpha value is -0.687. The molecule has 0 unspecified atom stereocenters. The number of allylic oxidation sites excluding steroid dienone is 2. The third-order valence-electron chi connectivity index (χ3n) is 1.78. The van der Waals surface area contributed by atoms with E-state index >= 15 is 0 Å². The summed E-state index contributed by atoms with van der Waals surface area (Å²) in [6.45, 7) is 23.1. The molecule has 0 aromatic heterocycles. The van der Waals surface area contributed by atoms with Crippen LogP contribution >= 0.6 is 0 Å². The molecule has 18 heavy (non-hydrogen) atoms. The minimum atomic E-state index is -0.417. The number of carbonyl (C=O) groups is 1. The second-order valence-corrected chi connectivity index (χ2v) is 5.39. The fraction of sp³-hybridized carbons (Fsp3) is 0.533. The predicted molar refractivity (Wildman–Crippen MR) is 77.1 cm³/mol. The molecular weight excluding hydrogens is 315 g/mol. The fourth-order valence-electron chi connectivity index (χ4n) is 0.557. The zero-order chi connectivity index (χ0) is 14.9. The van der Waals surface area contributed by atoms with Gasteiger partial charge in [-0.2, -0.15) is 0 Å². The molecule has 0 saturated carbocycles. The van der Waals surface area contributed by atoms with E-state index in [0.29, 0.717) is 0 Å². The maximum Gasteiger partial charge on any atom is 0.164 e. The first-order valence-electron chi connectivity index (χ1n) is 5.51. The molecule has 0 fully saturated rings. The Morgan fingerprint density at radius 2 is 1.17 bits per heavy atom. The van der Waals surface area contributed by atoms with Gasteiger partial charge in [-0.05, 0) is 0 Å². The van der Waals surface area contributed by atoms with Crippen LogP contribution in [-0.4, -0.2) is 10.9 Å². The van der Waals surface area contributed by atoms with Gasteiger partial charge in [0.1, 0.15) is 5.76 Å². The van der Waals surface area contributed by atoms with Gasteiger partial charge in [0.2, 0.25) is 0 Å². The average molecular weight is 343 g/mol. The quantitative estimate of drug-likeness (QED) is 0.325. The number of carbonyl (C=O) groups excluding carboxylic acids is 1. The van der Waals surface area contributed by atoms with Crippen LogP contribution in [0.25, 0.3) is 0 Å². The van der Waals surface area contributed by atoms with Crippen molar-refractivity contribution in [3.05, 3.63) is 38.2 Å². The second-order valence-electron chi connectivity index (χ2n) is 5.39. The van der Waals surface area contributed by atoms with Crippen LogP contribution in [0.2, 0.25) is 0 Å². The number of aliphatic hydroxyl groups is 1. The first-order chi connectivity index (χ1) is 7.55. The molecule has 0 aliphatic rings. The molecule has 0 aromatic rings. The number of hydrogen-bond acceptors (Lipinski definition) is 2. The first kappa shape index (κ1) is 26.0. The van der Waals surface area contributed by atoms with Crippen LogP contribution in [0.3, 0.4) is 0 Å². The van der Waals surface area contributed by atoms with Crippen molar-refractivity contribution in [3.63, 3.8) is 0 Å². The first-order valence-corrected chi connectivity index (χ1v) is 5.51. The molecule has 0 atom stereocenters. The number of rotatable bonds is 1. The summed E-state index contributed by atoms with van der Waals surface area (Å²) in [6.07, 6.45) is 1.33. The third kappa shape index (κ3) is 13.4. The standard InChI is InChI=1S/C11H20O2.2C2H4.Rh/c1-10(2,3)8(12)7-9(13)11(4,5)6;2*1-2;/h7,12H,1-6H3;2*1-2H2;/b8-7-;;;. The van der Waals surface area contributed by atoms with Crippen molar-refractivity contribution in [2.75, 3.05) is 0 Å². The molecule has 1 radical (unpaired) electrons. The fourth-order valence-corrected chi connectivity index (χ4v) is 0.557. The van der Waals surface area contributed by atoms with Gasteiger partial charge in [-0.15, -0.1) is 26.3 Å². The summed E-state index contributed by atoms with van der Waals surface area (Å²) in [7, 11) is 0. The Bertz CT molecular complexity index is 253. The van der Waals surface area contributed by atoms with Gasteiger partial charge in [-0.1, -0.05) is 41.5 Å². The van der Waals surface area contributed by atoms with Gasteiger partial charge in [0, 0.05) is 36.4 Å². The summed E-state index contributed by atoms with van der Waals surface area (Å²) < 4.78 is 0. The predicted octanol–water partition coefficient (Wildman–Crippen LogP) is 4.69. The van der Waals surface area contributed by atoms with Crippen LogP contribution in [0.15, 0.2) is 38.2 Å². The summed E-state index contributed by atoms with van der Waals surface area (Å²) in [5, 5.41) is 9.56. The largest absolute Gasteiger partial charge is 0.512 e. The Kier molecular flexibility index (Phi) is 16.5. The van der Waals surface area contributed by atoms with Crippen LogP contribution < -0.4 is 0 Å². The Morgan fingerprint density at radius 1 is 0.889 bits per heavy atom.